The van der Waals surface area contributed by atoms with E-state index in [0.29, 0.717) is 0 Å². The second kappa shape index (κ2) is 16.1. The van der Waals surface area contributed by atoms with E-state index >= 15 is 0 Å². The van der Waals surface area contributed by atoms with Crippen molar-refractivity contribution in [2.75, 3.05) is 14.1 Å². The van der Waals surface area contributed by atoms with Gasteiger partial charge in [-0.05, 0) is 25.7 Å². The molecule has 0 unspecified atom stereocenters. The molecule has 2 aliphatic carbocycles. The van der Waals surface area contributed by atoms with Gasteiger partial charge in [-0.1, -0.05) is 38.5 Å². The molecule has 0 radical (unpaired) electrons. The van der Waals surface area contributed by atoms with Crippen molar-refractivity contribution >= 4 is 38.1 Å². The number of nitrogens with zero attached hydrogens (tertiary/aromatic N) is 2. The van der Waals surface area contributed by atoms with Crippen molar-refractivity contribution in [1.82, 2.24) is 0 Å². The summed E-state index contributed by atoms with van der Waals surface area (Å²) >= 11 is 6.50. The number of carbonyl (C=O) groups is 2. The minimum atomic E-state index is 0.111. The minimum absolute atomic E-state index is 0.111. The first kappa shape index (κ1) is 23.6. The quantitative estimate of drug-likeness (QED) is 0.456. The Labute approximate surface area is 162 Å². The molecule has 2 aliphatic rings. The van der Waals surface area contributed by atoms with E-state index in [-0.39, 0.29) is 38.6 Å². The molecule has 0 heterocycles. The van der Waals surface area contributed by atoms with Crippen molar-refractivity contribution in [3.63, 3.8) is 0 Å². The molecule has 4 nitrogen and oxygen atoms in total. The zero-order valence-electron chi connectivity index (χ0n) is 14.2. The average molecular weight is 488 g/mol. The van der Waals surface area contributed by atoms with Crippen LogP contribution in [0.1, 0.15) is 64.2 Å². The van der Waals surface area contributed by atoms with Gasteiger partial charge in [0.15, 0.2) is 0 Å². The van der Waals surface area contributed by atoms with Crippen LogP contribution in [0.4, 0.5) is 0 Å². The summed E-state index contributed by atoms with van der Waals surface area (Å²) < 4.78 is 0. The van der Waals surface area contributed by atoms with E-state index in [2.05, 4.69) is 37.0 Å². The molecular formula is C16H28Br2N2O2Ti-2. The van der Waals surface area contributed by atoms with Crippen LogP contribution in [0.5, 0.6) is 0 Å². The summed E-state index contributed by atoms with van der Waals surface area (Å²) in [6.45, 7) is 0. The molecule has 2 rings (SSSR count). The van der Waals surface area contributed by atoms with Crippen LogP contribution >= 0.6 is 26.3 Å². The van der Waals surface area contributed by atoms with Gasteiger partial charge in [0, 0.05) is 11.8 Å². The van der Waals surface area contributed by atoms with Crippen LogP contribution in [0.2, 0.25) is 0 Å². The van der Waals surface area contributed by atoms with Crippen LogP contribution in [0, 0.1) is 11.8 Å². The van der Waals surface area contributed by atoms with E-state index < -0.39 is 0 Å². The number of hydrogen-bond acceptors (Lipinski definition) is 2. The number of halogens is 2. The van der Waals surface area contributed by atoms with E-state index in [0.717, 1.165) is 25.7 Å². The van der Waals surface area contributed by atoms with Gasteiger partial charge < -0.3 is 20.2 Å². The summed E-state index contributed by atoms with van der Waals surface area (Å²) in [5.74, 6) is 0.747. The SMILES string of the molecule is C[N-]C(=O)C1CCCCC1.C[N-]C(=O)C1CCCCC1.[Br][Ti][Br]. The van der Waals surface area contributed by atoms with E-state index in [1.165, 1.54) is 38.5 Å². The second-order valence-corrected chi connectivity index (χ2v) is 13.7. The van der Waals surface area contributed by atoms with Gasteiger partial charge in [-0.25, -0.2) is 0 Å². The van der Waals surface area contributed by atoms with E-state index in [1.54, 1.807) is 14.1 Å². The Morgan fingerprint density at radius 3 is 1.22 bits per heavy atom. The van der Waals surface area contributed by atoms with Crippen molar-refractivity contribution in [2.24, 2.45) is 11.8 Å². The fourth-order valence-corrected chi connectivity index (χ4v) is 3.06. The maximum absolute atomic E-state index is 11.0. The Hall–Kier alpha value is 0.614. The Balaban J connectivity index is 0.000000360. The third-order valence-corrected chi connectivity index (χ3v) is 4.35. The monoisotopic (exact) mass is 486 g/mol. The van der Waals surface area contributed by atoms with E-state index in [4.69, 9.17) is 0 Å². The molecule has 0 N–H and O–H groups in total. The molecule has 0 bridgehead atoms. The zero-order valence-corrected chi connectivity index (χ0v) is 18.9. The number of carbonyl (C=O) groups excluding carboxylic acids is 2. The molecule has 23 heavy (non-hydrogen) atoms. The Morgan fingerprint density at radius 1 is 0.739 bits per heavy atom. The van der Waals surface area contributed by atoms with Crippen molar-refractivity contribution < 1.29 is 24.6 Å². The van der Waals surface area contributed by atoms with Gasteiger partial charge in [0.25, 0.3) is 0 Å². The topological polar surface area (TPSA) is 62.3 Å². The molecule has 2 saturated carbocycles. The van der Waals surface area contributed by atoms with E-state index in [1.807, 2.05) is 0 Å². The average Bonchev–Trinajstić information content (AvgIpc) is 2.63. The Morgan fingerprint density at radius 2 is 1.00 bits per heavy atom. The van der Waals surface area contributed by atoms with Crippen LogP contribution < -0.4 is 0 Å². The third kappa shape index (κ3) is 11.7. The van der Waals surface area contributed by atoms with Crippen LogP contribution in [0.15, 0.2) is 0 Å². The van der Waals surface area contributed by atoms with Crippen LogP contribution in [0.25, 0.3) is 10.6 Å². The Bertz CT molecular complexity index is 291. The molecule has 0 aromatic heterocycles. The van der Waals surface area contributed by atoms with Crippen LogP contribution in [0.3, 0.4) is 0 Å². The molecule has 134 valence electrons. The van der Waals surface area contributed by atoms with Crippen molar-refractivity contribution in [2.45, 2.75) is 64.2 Å². The molecule has 0 aromatic rings. The molecule has 0 aliphatic heterocycles. The standard InChI is InChI=1S/2C8H15NO.2BrH.Ti/c2*1-9-8(10)7-5-3-2-4-6-7;;;/h2*7H,2-6H2,1H3,(H,9,10);2*1H;/q;;;;+2/p-4. The molecule has 0 aromatic carbocycles. The van der Waals surface area contributed by atoms with Gasteiger partial charge in [-0.3, -0.25) is 0 Å². The second-order valence-electron chi connectivity index (χ2n) is 5.86. The normalized spacial score (nSPS) is 18.4. The Kier molecular flexibility index (Phi) is 16.5. The van der Waals surface area contributed by atoms with Crippen LogP contribution in [-0.4, -0.2) is 25.9 Å². The predicted molar refractivity (Wildman–Crippen MR) is 99.6 cm³/mol. The summed E-state index contributed by atoms with van der Waals surface area (Å²) in [6, 6.07) is 0. The first-order valence-corrected chi connectivity index (χ1v) is 16.1. The molecule has 7 heteroatoms. The van der Waals surface area contributed by atoms with Gasteiger partial charge in [-0.15, -0.1) is 14.1 Å². The fraction of sp³-hybridized carbons (Fsp3) is 0.875. The summed E-state index contributed by atoms with van der Waals surface area (Å²) in [7, 11) is 3.19. The summed E-state index contributed by atoms with van der Waals surface area (Å²) in [5, 5.41) is 7.35. The molecule has 2 amide bonds. The number of amides is 2. The fourth-order valence-electron chi connectivity index (χ4n) is 3.06. The molecular weight excluding hydrogens is 460 g/mol. The van der Waals surface area contributed by atoms with Gasteiger partial charge in [0.05, 0.1) is 11.8 Å². The summed E-state index contributed by atoms with van der Waals surface area (Å²) in [5.41, 5.74) is 0. The van der Waals surface area contributed by atoms with Crippen LogP contribution in [-0.2, 0) is 24.6 Å². The van der Waals surface area contributed by atoms with Crippen molar-refractivity contribution in [3.8, 4) is 0 Å². The molecule has 2 fully saturated rings. The number of hydrogen-bond donors (Lipinski definition) is 0. The van der Waals surface area contributed by atoms with Gasteiger partial charge in [0.1, 0.15) is 0 Å². The zero-order chi connectivity index (χ0) is 17.5. The van der Waals surface area contributed by atoms with E-state index in [9.17, 15) is 9.59 Å². The van der Waals surface area contributed by atoms with Gasteiger partial charge >= 0.3 is 41.3 Å². The van der Waals surface area contributed by atoms with Crippen molar-refractivity contribution in [1.29, 1.82) is 0 Å². The maximum atomic E-state index is 11.0. The first-order valence-electron chi connectivity index (χ1n) is 8.34. The van der Waals surface area contributed by atoms with Gasteiger partial charge in [0.2, 0.25) is 0 Å². The third-order valence-electron chi connectivity index (χ3n) is 4.35. The first-order chi connectivity index (χ1) is 11.1. The van der Waals surface area contributed by atoms with Crippen molar-refractivity contribution in [3.05, 3.63) is 10.6 Å². The number of rotatable bonds is 2. The summed E-state index contributed by atoms with van der Waals surface area (Å²) in [6.07, 6.45) is 11.7. The molecule has 0 spiro atoms. The molecule has 0 atom stereocenters. The summed E-state index contributed by atoms with van der Waals surface area (Å²) in [4.78, 5) is 22.0. The van der Waals surface area contributed by atoms with Gasteiger partial charge in [-0.2, -0.15) is 0 Å². The predicted octanol–water partition coefficient (Wildman–Crippen LogP) is 5.88. The molecule has 0 saturated heterocycles.